The Morgan fingerprint density at radius 2 is 1.96 bits per heavy atom. The molecule has 0 radical (unpaired) electrons. The third-order valence-corrected chi connectivity index (χ3v) is 13.5. The predicted octanol–water partition coefficient (Wildman–Crippen LogP) is 6.38. The largest absolute Gasteiger partial charge is 0.490 e. The number of methoxy groups -OCH3 is 1. The zero-order chi connectivity index (χ0) is 32.8. The average Bonchev–Trinajstić information content (AvgIpc) is 3.22. The molecule has 6 atom stereocenters. The van der Waals surface area contributed by atoms with Crippen molar-refractivity contribution in [3.63, 3.8) is 0 Å². The number of ether oxygens (including phenoxy) is 2. The maximum Gasteiger partial charge on any atom is 0.335 e. The smallest absolute Gasteiger partial charge is 0.335 e. The van der Waals surface area contributed by atoms with E-state index < -0.39 is 21.1 Å². The second kappa shape index (κ2) is 13.0. The molecule has 250 valence electrons. The number of aromatic carboxylic acids is 1. The van der Waals surface area contributed by atoms with Gasteiger partial charge in [0.05, 0.1) is 29.2 Å². The van der Waals surface area contributed by atoms with E-state index in [4.69, 9.17) is 21.1 Å². The quantitative estimate of drug-likeness (QED) is 0.271. The summed E-state index contributed by atoms with van der Waals surface area (Å²) in [6.45, 7) is 1.95. The van der Waals surface area contributed by atoms with Crippen molar-refractivity contribution < 1.29 is 27.8 Å². The number of carboxylic acid groups (broad SMARTS) is 1. The van der Waals surface area contributed by atoms with Gasteiger partial charge in [-0.25, -0.2) is 23.2 Å². The van der Waals surface area contributed by atoms with Crippen LogP contribution in [0, 0.1) is 17.8 Å². The van der Waals surface area contributed by atoms with Crippen LogP contribution in [-0.2, 0) is 26.4 Å². The first-order valence-electron chi connectivity index (χ1n) is 16.8. The molecule has 47 heavy (non-hydrogen) atoms. The van der Waals surface area contributed by atoms with Gasteiger partial charge >= 0.3 is 5.97 Å². The van der Waals surface area contributed by atoms with E-state index in [-0.39, 0.29) is 34.1 Å². The monoisotopic (exact) mass is 679 g/mol. The number of carbonyl (C=O) groups is 1. The highest BCUT2D eigenvalue weighted by molar-refractivity contribution is 7.91. The van der Waals surface area contributed by atoms with Gasteiger partial charge in [-0.2, -0.15) is 0 Å². The Kier molecular flexibility index (Phi) is 8.95. The van der Waals surface area contributed by atoms with E-state index in [0.717, 1.165) is 62.2 Å². The van der Waals surface area contributed by atoms with Gasteiger partial charge < -0.3 is 19.5 Å². The van der Waals surface area contributed by atoms with Gasteiger partial charge in [0.15, 0.2) is 0 Å². The number of benzene rings is 2. The Labute approximate surface area is 281 Å². The molecule has 0 bridgehead atoms. The molecule has 1 spiro atoms. The Bertz CT molecular complexity index is 1740. The fourth-order valence-electron chi connectivity index (χ4n) is 8.84. The number of hydrogen-bond donors (Lipinski definition) is 1. The second-order valence-electron chi connectivity index (χ2n) is 13.9. The summed E-state index contributed by atoms with van der Waals surface area (Å²) < 4.78 is 39.7. The fraction of sp³-hybridized carbons (Fsp3) is 0.528. The van der Waals surface area contributed by atoms with Crippen LogP contribution >= 0.6 is 11.6 Å². The number of rotatable bonds is 8. The van der Waals surface area contributed by atoms with Crippen molar-refractivity contribution in [1.29, 1.82) is 0 Å². The second-order valence-corrected chi connectivity index (χ2v) is 16.5. The number of nitrogens with zero attached hydrogens (tertiary/aromatic N) is 3. The molecule has 0 amide bonds. The van der Waals surface area contributed by atoms with E-state index in [1.165, 1.54) is 23.5 Å². The fourth-order valence-corrected chi connectivity index (χ4v) is 10.7. The molecular weight excluding hydrogens is 638 g/mol. The van der Waals surface area contributed by atoms with Crippen LogP contribution in [0.5, 0.6) is 5.75 Å². The lowest BCUT2D eigenvalue weighted by atomic mass is 9.65. The van der Waals surface area contributed by atoms with Gasteiger partial charge in [0.25, 0.3) is 0 Å². The predicted molar refractivity (Wildman–Crippen MR) is 179 cm³/mol. The third-order valence-electron chi connectivity index (χ3n) is 11.3. The van der Waals surface area contributed by atoms with Crippen LogP contribution in [0.2, 0.25) is 5.02 Å². The Morgan fingerprint density at radius 3 is 2.70 bits per heavy atom. The molecule has 7 rings (SSSR count). The number of sulfone groups is 1. The van der Waals surface area contributed by atoms with Crippen molar-refractivity contribution in [3.8, 4) is 5.75 Å². The van der Waals surface area contributed by atoms with E-state index in [2.05, 4.69) is 27.0 Å². The van der Waals surface area contributed by atoms with E-state index in [9.17, 15) is 18.3 Å². The highest BCUT2D eigenvalue weighted by Crippen LogP contribution is 2.48. The summed E-state index contributed by atoms with van der Waals surface area (Å²) >= 11 is 6.42. The van der Waals surface area contributed by atoms with E-state index in [1.807, 2.05) is 6.07 Å². The molecule has 9 nitrogen and oxygen atoms in total. The molecule has 3 aliphatic carbocycles. The first-order chi connectivity index (χ1) is 22.7. The lowest BCUT2D eigenvalue weighted by Gasteiger charge is -2.48. The van der Waals surface area contributed by atoms with Crippen LogP contribution in [-0.4, -0.2) is 67.6 Å². The molecule has 1 N–H and O–H groups in total. The van der Waals surface area contributed by atoms with Crippen molar-refractivity contribution in [2.75, 3.05) is 31.7 Å². The highest BCUT2D eigenvalue weighted by Gasteiger charge is 2.47. The third kappa shape index (κ3) is 6.13. The first kappa shape index (κ1) is 32.3. The molecule has 2 heterocycles. The minimum Gasteiger partial charge on any atom is -0.490 e. The molecule has 2 saturated carbocycles. The molecule has 4 aliphatic rings. The lowest BCUT2D eigenvalue weighted by molar-refractivity contribution is -0.0589. The van der Waals surface area contributed by atoms with E-state index in [0.29, 0.717) is 37.7 Å². The van der Waals surface area contributed by atoms with Gasteiger partial charge in [0.1, 0.15) is 5.75 Å². The minimum absolute atomic E-state index is 0.0667. The molecule has 1 aliphatic heterocycles. The summed E-state index contributed by atoms with van der Waals surface area (Å²) in [7, 11) is -1.88. The van der Waals surface area contributed by atoms with Gasteiger partial charge in [-0.1, -0.05) is 24.1 Å². The Hall–Kier alpha value is -3.21. The minimum atomic E-state index is -3.64. The summed E-state index contributed by atoms with van der Waals surface area (Å²) in [5, 5.41) is 10.0. The van der Waals surface area contributed by atoms with Crippen LogP contribution in [0.4, 0.5) is 5.69 Å². The van der Waals surface area contributed by atoms with Crippen LogP contribution < -0.4 is 9.64 Å². The molecule has 3 aromatic rings. The maximum absolute atomic E-state index is 13.5. The zero-order valence-electron chi connectivity index (χ0n) is 26.7. The molecule has 1 aromatic heterocycles. The molecule has 2 unspecified atom stereocenters. The Morgan fingerprint density at radius 1 is 1.13 bits per heavy atom. The first-order valence-corrected chi connectivity index (χ1v) is 18.7. The topological polar surface area (TPSA) is 119 Å². The Balaban J connectivity index is 1.16. The normalized spacial score (nSPS) is 27.9. The molecule has 2 fully saturated rings. The summed E-state index contributed by atoms with van der Waals surface area (Å²) in [4.78, 5) is 22.6. The van der Waals surface area contributed by atoms with Gasteiger partial charge in [0, 0.05) is 43.0 Å². The molecule has 2 aromatic carbocycles. The number of halogens is 1. The zero-order valence-corrected chi connectivity index (χ0v) is 28.3. The summed E-state index contributed by atoms with van der Waals surface area (Å²) in [6.07, 6.45) is 10.8. The van der Waals surface area contributed by atoms with Crippen molar-refractivity contribution >= 4 is 33.1 Å². The summed E-state index contributed by atoms with van der Waals surface area (Å²) in [5.74, 6) is 0.426. The van der Waals surface area contributed by atoms with Crippen molar-refractivity contribution in [2.24, 2.45) is 17.8 Å². The number of hydrogen-bond acceptors (Lipinski definition) is 8. The maximum atomic E-state index is 13.5. The number of carboxylic acids is 1. The van der Waals surface area contributed by atoms with E-state index >= 15 is 0 Å². The van der Waals surface area contributed by atoms with Crippen LogP contribution in [0.3, 0.4) is 0 Å². The van der Waals surface area contributed by atoms with Crippen molar-refractivity contribution in [2.45, 2.75) is 79.7 Å². The number of aromatic nitrogens is 2. The van der Waals surface area contributed by atoms with Crippen molar-refractivity contribution in [1.82, 2.24) is 9.97 Å². The van der Waals surface area contributed by atoms with Crippen molar-refractivity contribution in [3.05, 3.63) is 76.6 Å². The van der Waals surface area contributed by atoms with E-state index in [1.54, 1.807) is 31.4 Å². The standard InChI is InChI=1S/C36H42ClN3O6S/c1-45-33(24-5-2-7-28(18-24)47(43,44)35-38-15-4-16-39-35)29-11-8-26(29)20-40-21-36(14-3-6-23-17-27(37)10-12-30(23)36)22-46-32-13-9-25(34(41)42)19-31(32)40/h4,9-10,12-13,15-17,19,24,26,28-29,33H,2-3,5-8,11,14,18,20-22H2,1H3,(H,41,42)/t24-,26-,28-,29+,33?,36?/m0/s1. The van der Waals surface area contributed by atoms with Crippen LogP contribution in [0.25, 0.3) is 0 Å². The molecule has 11 heteroatoms. The molecular formula is C36H42ClN3O6S. The molecule has 0 saturated heterocycles. The van der Waals surface area contributed by atoms with Crippen LogP contribution in [0.1, 0.15) is 72.9 Å². The number of anilines is 1. The van der Waals surface area contributed by atoms with Gasteiger partial charge in [-0.3, -0.25) is 0 Å². The average molecular weight is 680 g/mol. The summed E-state index contributed by atoms with van der Waals surface area (Å²) in [6, 6.07) is 13.0. The SMILES string of the molecule is COC([C@H]1CCC[C@H](S(=O)(=O)c2ncccn2)C1)[C@@H]1CC[C@H]1CN1CC2(CCCc3cc(Cl)ccc32)COc2ccc(C(=O)O)cc21. The van der Waals surface area contributed by atoms with Gasteiger partial charge in [-0.15, -0.1) is 0 Å². The number of fused-ring (bicyclic) bond motifs is 3. The van der Waals surface area contributed by atoms with Crippen LogP contribution in [0.15, 0.2) is 60.0 Å². The summed E-state index contributed by atoms with van der Waals surface area (Å²) in [5.41, 5.74) is 3.31. The number of aryl methyl sites for hydroxylation is 1. The van der Waals surface area contributed by atoms with Gasteiger partial charge in [0.2, 0.25) is 15.0 Å². The highest BCUT2D eigenvalue weighted by atomic mass is 35.5. The lowest BCUT2D eigenvalue weighted by Crippen LogP contribution is -2.51. The van der Waals surface area contributed by atoms with Gasteiger partial charge in [-0.05, 0) is 117 Å².